The molecule has 2 aliphatic rings. The number of imidazole rings is 1. The molecule has 0 spiro atoms. The first kappa shape index (κ1) is 22.3. The second-order valence-corrected chi connectivity index (χ2v) is 10.4. The molecule has 2 saturated carbocycles. The van der Waals surface area contributed by atoms with Crippen molar-refractivity contribution in [2.75, 3.05) is 5.32 Å². The highest BCUT2D eigenvalue weighted by atomic mass is 32.1. The van der Waals surface area contributed by atoms with Crippen molar-refractivity contribution in [3.8, 4) is 0 Å². The van der Waals surface area contributed by atoms with Gasteiger partial charge in [-0.05, 0) is 52.0 Å². The molecule has 6 rings (SSSR count). The van der Waals surface area contributed by atoms with Crippen LogP contribution in [0.3, 0.4) is 0 Å². The topological polar surface area (TPSA) is 91.7 Å². The number of aryl methyl sites for hydroxylation is 3. The highest BCUT2D eigenvalue weighted by molar-refractivity contribution is 7.15. The summed E-state index contributed by atoms with van der Waals surface area (Å²) in [4.78, 5) is 32.0. The lowest BCUT2D eigenvalue weighted by Gasteiger charge is -2.23. The Morgan fingerprint density at radius 1 is 1.23 bits per heavy atom. The van der Waals surface area contributed by atoms with Gasteiger partial charge in [0.05, 0.1) is 11.7 Å². The normalized spacial score (nSPS) is 16.4. The number of fused-ring (bicyclic) bond motifs is 3. The van der Waals surface area contributed by atoms with E-state index in [9.17, 15) is 18.0 Å². The third-order valence-electron chi connectivity index (χ3n) is 6.73. The van der Waals surface area contributed by atoms with Gasteiger partial charge in [-0.3, -0.25) is 4.79 Å². The number of pyridine rings is 1. The van der Waals surface area contributed by atoms with E-state index in [2.05, 4.69) is 20.3 Å². The number of hydrogen-bond acceptors (Lipinski definition) is 6. The fourth-order valence-corrected chi connectivity index (χ4v) is 5.73. The molecule has 1 amide bonds. The van der Waals surface area contributed by atoms with Crippen molar-refractivity contribution < 1.29 is 18.0 Å². The van der Waals surface area contributed by atoms with Crippen LogP contribution >= 0.6 is 11.3 Å². The van der Waals surface area contributed by atoms with E-state index in [4.69, 9.17) is 4.98 Å². The van der Waals surface area contributed by atoms with Gasteiger partial charge < -0.3 is 19.8 Å². The van der Waals surface area contributed by atoms with Crippen LogP contribution in [-0.4, -0.2) is 47.4 Å². The van der Waals surface area contributed by atoms with Gasteiger partial charge in [-0.25, -0.2) is 15.0 Å². The van der Waals surface area contributed by atoms with Gasteiger partial charge >= 0.3 is 6.18 Å². The number of aromatic amines is 1. The quantitative estimate of drug-likeness (QED) is 0.361. The Morgan fingerprint density at radius 2 is 1.91 bits per heavy atom. The van der Waals surface area contributed by atoms with E-state index in [1.54, 1.807) is 0 Å². The van der Waals surface area contributed by atoms with Crippen molar-refractivity contribution in [2.24, 2.45) is 0 Å². The van der Waals surface area contributed by atoms with E-state index in [-0.39, 0.29) is 15.9 Å². The van der Waals surface area contributed by atoms with Gasteiger partial charge in [-0.15, -0.1) is 11.3 Å². The van der Waals surface area contributed by atoms with Crippen LogP contribution in [0.15, 0.2) is 6.33 Å². The predicted molar refractivity (Wildman–Crippen MR) is 127 cm³/mol. The van der Waals surface area contributed by atoms with Gasteiger partial charge in [0.1, 0.15) is 22.4 Å². The Hall–Kier alpha value is -3.15. The van der Waals surface area contributed by atoms with Gasteiger partial charge in [0.2, 0.25) is 0 Å². The minimum atomic E-state index is -4.53. The lowest BCUT2D eigenvalue weighted by molar-refractivity contribution is -0.141. The van der Waals surface area contributed by atoms with Crippen LogP contribution < -0.4 is 5.32 Å². The summed E-state index contributed by atoms with van der Waals surface area (Å²) in [5.41, 5.74) is 2.26. The molecule has 184 valence electrons. The minimum absolute atomic E-state index is 0.0240. The molecule has 0 aliphatic heterocycles. The lowest BCUT2D eigenvalue weighted by atomic mass is 10.1. The number of aromatic nitrogens is 5. The van der Waals surface area contributed by atoms with Crippen molar-refractivity contribution in [1.29, 1.82) is 0 Å². The summed E-state index contributed by atoms with van der Waals surface area (Å²) in [5, 5.41) is 3.83. The third kappa shape index (κ3) is 3.57. The molecule has 0 radical (unpaired) electrons. The van der Waals surface area contributed by atoms with Crippen LogP contribution in [0.5, 0.6) is 0 Å². The van der Waals surface area contributed by atoms with E-state index >= 15 is 0 Å². The number of anilines is 2. The van der Waals surface area contributed by atoms with Crippen LogP contribution in [0.25, 0.3) is 22.1 Å². The zero-order valence-corrected chi connectivity index (χ0v) is 20.3. The van der Waals surface area contributed by atoms with Crippen molar-refractivity contribution in [3.05, 3.63) is 28.2 Å². The summed E-state index contributed by atoms with van der Waals surface area (Å²) in [5.74, 6) is 0.343. The summed E-state index contributed by atoms with van der Waals surface area (Å²) >= 11 is 0.916. The van der Waals surface area contributed by atoms with E-state index in [1.807, 2.05) is 23.3 Å². The number of H-pyrrole nitrogens is 1. The van der Waals surface area contributed by atoms with Gasteiger partial charge in [0.25, 0.3) is 5.91 Å². The van der Waals surface area contributed by atoms with Crippen molar-refractivity contribution in [1.82, 2.24) is 29.4 Å². The first-order valence-electron chi connectivity index (χ1n) is 11.7. The number of halogens is 3. The molecule has 4 aromatic heterocycles. The van der Waals surface area contributed by atoms with Crippen LogP contribution in [0.4, 0.5) is 24.1 Å². The molecule has 4 heterocycles. The average Bonchev–Trinajstić information content (AvgIpc) is 3.70. The number of carbonyl (C=O) groups excluding carboxylic acids is 1. The molecular weight excluding hydrogens is 479 g/mol. The second-order valence-electron chi connectivity index (χ2n) is 9.22. The van der Waals surface area contributed by atoms with Gasteiger partial charge in [-0.1, -0.05) is 0 Å². The molecule has 12 heteroatoms. The minimum Gasteiger partial charge on any atom is -0.342 e. The molecule has 4 aromatic rings. The zero-order chi connectivity index (χ0) is 24.6. The summed E-state index contributed by atoms with van der Waals surface area (Å²) in [6.45, 7) is 5.79. The number of thiazole rings is 1. The summed E-state index contributed by atoms with van der Waals surface area (Å²) in [6.07, 6.45) is 1.15. The number of nitrogens with one attached hydrogen (secondary N) is 2. The van der Waals surface area contributed by atoms with E-state index in [1.165, 1.54) is 13.3 Å². The van der Waals surface area contributed by atoms with E-state index in [0.717, 1.165) is 48.0 Å². The maximum absolute atomic E-state index is 13.8. The SMILES string of the molecule is CCn1c(C(=O)N(C2CC2)C2CC2)c(C)c2c3nc[nH]c3c(Nc3nc(C(F)(F)F)c(C)s3)nc21. The Morgan fingerprint density at radius 3 is 2.49 bits per heavy atom. The molecule has 2 aliphatic carbocycles. The highest BCUT2D eigenvalue weighted by Crippen LogP contribution is 2.41. The standard InChI is InChI=1S/C23H24F3N7OS/c1-4-32-17(21(34)33(12-5-6-12)13-7-8-13)10(2)14-15-16(28-9-27-15)19(30-20(14)32)31-22-29-18(11(3)35-22)23(24,25)26/h9,12-13H,4-8H2,1-3H3,(H,27,28)(H,29,30,31). The Balaban J connectivity index is 1.49. The smallest absolute Gasteiger partial charge is 0.342 e. The number of hydrogen-bond donors (Lipinski definition) is 2. The van der Waals surface area contributed by atoms with Crippen LogP contribution in [0.1, 0.15) is 59.2 Å². The maximum atomic E-state index is 13.8. The van der Waals surface area contributed by atoms with Gasteiger partial charge in [0, 0.05) is 23.5 Å². The molecule has 0 saturated heterocycles. The summed E-state index contributed by atoms with van der Waals surface area (Å²) in [6, 6.07) is 0.619. The number of rotatable bonds is 6. The third-order valence-corrected chi connectivity index (χ3v) is 7.62. The molecule has 0 atom stereocenters. The molecule has 8 nitrogen and oxygen atoms in total. The van der Waals surface area contributed by atoms with Crippen molar-refractivity contribution in [3.63, 3.8) is 0 Å². The molecule has 0 aromatic carbocycles. The lowest BCUT2D eigenvalue weighted by Crippen LogP contribution is -2.36. The van der Waals surface area contributed by atoms with Crippen molar-refractivity contribution in [2.45, 2.75) is 71.3 Å². The molecule has 2 fully saturated rings. The Bertz CT molecular complexity index is 1460. The Labute approximate surface area is 202 Å². The Kier molecular flexibility index (Phi) is 4.89. The zero-order valence-electron chi connectivity index (χ0n) is 19.5. The highest BCUT2D eigenvalue weighted by Gasteiger charge is 2.44. The number of carbonyl (C=O) groups is 1. The fourth-order valence-electron chi connectivity index (χ4n) is 4.90. The van der Waals surface area contributed by atoms with Gasteiger partial charge in [0.15, 0.2) is 16.6 Å². The largest absolute Gasteiger partial charge is 0.434 e. The number of alkyl halides is 3. The molecule has 2 N–H and O–H groups in total. The second kappa shape index (κ2) is 7.67. The van der Waals surface area contributed by atoms with Crippen LogP contribution in [0.2, 0.25) is 0 Å². The van der Waals surface area contributed by atoms with Gasteiger partial charge in [-0.2, -0.15) is 13.2 Å². The van der Waals surface area contributed by atoms with Crippen LogP contribution in [-0.2, 0) is 12.7 Å². The summed E-state index contributed by atoms with van der Waals surface area (Å²) in [7, 11) is 0. The molecule has 0 unspecified atom stereocenters. The fraction of sp³-hybridized carbons (Fsp3) is 0.478. The number of nitrogens with zero attached hydrogens (tertiary/aromatic N) is 5. The van der Waals surface area contributed by atoms with E-state index in [0.29, 0.717) is 46.8 Å². The number of amides is 1. The molecule has 35 heavy (non-hydrogen) atoms. The first-order chi connectivity index (χ1) is 16.7. The summed E-state index contributed by atoms with van der Waals surface area (Å²) < 4.78 is 41.7. The van der Waals surface area contributed by atoms with E-state index < -0.39 is 11.9 Å². The monoisotopic (exact) mass is 503 g/mol. The first-order valence-corrected chi connectivity index (χ1v) is 12.5. The maximum Gasteiger partial charge on any atom is 0.434 e. The average molecular weight is 504 g/mol. The van der Waals surface area contributed by atoms with Crippen LogP contribution in [0, 0.1) is 13.8 Å². The molecular formula is C23H24F3N7OS. The van der Waals surface area contributed by atoms with Crippen molar-refractivity contribution >= 4 is 50.3 Å². The predicted octanol–water partition coefficient (Wildman–Crippen LogP) is 5.54. The molecule has 0 bridgehead atoms.